The molecule has 1 aromatic heterocycles. The molecule has 4 heteroatoms. The zero-order valence-electron chi connectivity index (χ0n) is 13.3. The van der Waals surface area contributed by atoms with Gasteiger partial charge in [-0.1, -0.05) is 41.6 Å². The van der Waals surface area contributed by atoms with E-state index in [4.69, 9.17) is 0 Å². The minimum absolute atomic E-state index is 0.402. The molecule has 0 fully saturated rings. The summed E-state index contributed by atoms with van der Waals surface area (Å²) >= 11 is 0. The van der Waals surface area contributed by atoms with Crippen molar-refractivity contribution < 1.29 is 0 Å². The van der Waals surface area contributed by atoms with Crippen LogP contribution in [0.2, 0.25) is 0 Å². The number of hydrogen-bond donors (Lipinski definition) is 0. The molecule has 4 nitrogen and oxygen atoms in total. The van der Waals surface area contributed by atoms with Crippen molar-refractivity contribution in [3.8, 4) is 11.8 Å². The summed E-state index contributed by atoms with van der Waals surface area (Å²) in [5.41, 5.74) is 5.89. The standard InChI is InChI=1S/C19H18N4/c1-14-8-10-17(12-15(14)2)23-19(18(13-20)21-22-23)11-9-16-6-4-3-5-7-16/h3-8,10,12H,9,11H2,1-2H3. The summed E-state index contributed by atoms with van der Waals surface area (Å²) < 4.78 is 1.79. The number of aromatic nitrogens is 3. The second kappa shape index (κ2) is 6.45. The van der Waals surface area contributed by atoms with Gasteiger partial charge in [-0.3, -0.25) is 0 Å². The van der Waals surface area contributed by atoms with Gasteiger partial charge in [-0.05, 0) is 55.5 Å². The average Bonchev–Trinajstić information content (AvgIpc) is 2.99. The van der Waals surface area contributed by atoms with Crippen molar-refractivity contribution in [1.82, 2.24) is 15.0 Å². The van der Waals surface area contributed by atoms with Crippen LogP contribution in [0.4, 0.5) is 0 Å². The highest BCUT2D eigenvalue weighted by Gasteiger charge is 2.14. The average molecular weight is 302 g/mol. The van der Waals surface area contributed by atoms with Crippen molar-refractivity contribution in [2.24, 2.45) is 0 Å². The van der Waals surface area contributed by atoms with E-state index in [1.54, 1.807) is 4.68 Å². The summed E-state index contributed by atoms with van der Waals surface area (Å²) in [6.07, 6.45) is 1.58. The minimum atomic E-state index is 0.402. The molecule has 0 aliphatic carbocycles. The predicted molar refractivity (Wildman–Crippen MR) is 89.4 cm³/mol. The number of nitrogens with zero attached hydrogens (tertiary/aromatic N) is 4. The smallest absolute Gasteiger partial charge is 0.186 e. The van der Waals surface area contributed by atoms with Gasteiger partial charge in [-0.15, -0.1) is 5.10 Å². The Bertz CT molecular complexity index is 857. The van der Waals surface area contributed by atoms with Crippen LogP contribution < -0.4 is 0 Å². The minimum Gasteiger partial charge on any atom is -0.216 e. The topological polar surface area (TPSA) is 54.5 Å². The van der Waals surface area contributed by atoms with E-state index in [0.29, 0.717) is 5.69 Å². The molecule has 0 bridgehead atoms. The Morgan fingerprint density at radius 2 is 1.78 bits per heavy atom. The van der Waals surface area contributed by atoms with E-state index < -0.39 is 0 Å². The van der Waals surface area contributed by atoms with Crippen LogP contribution in [0.3, 0.4) is 0 Å². The second-order valence-corrected chi connectivity index (χ2v) is 5.66. The maximum atomic E-state index is 9.31. The fourth-order valence-corrected chi connectivity index (χ4v) is 2.58. The van der Waals surface area contributed by atoms with Gasteiger partial charge in [-0.2, -0.15) is 5.26 Å². The number of rotatable bonds is 4. The van der Waals surface area contributed by atoms with Crippen LogP contribution >= 0.6 is 0 Å². The van der Waals surface area contributed by atoms with Gasteiger partial charge < -0.3 is 0 Å². The third-order valence-electron chi connectivity index (χ3n) is 4.10. The Kier molecular flexibility index (Phi) is 4.20. The van der Waals surface area contributed by atoms with E-state index >= 15 is 0 Å². The third kappa shape index (κ3) is 3.14. The highest BCUT2D eigenvalue weighted by atomic mass is 15.4. The van der Waals surface area contributed by atoms with Gasteiger partial charge in [-0.25, -0.2) is 4.68 Å². The first-order valence-corrected chi connectivity index (χ1v) is 7.65. The molecule has 0 saturated carbocycles. The molecule has 0 aliphatic heterocycles. The molecule has 0 N–H and O–H groups in total. The molecule has 0 radical (unpaired) electrons. The van der Waals surface area contributed by atoms with E-state index in [1.165, 1.54) is 16.7 Å². The molecule has 1 heterocycles. The fraction of sp³-hybridized carbons (Fsp3) is 0.211. The van der Waals surface area contributed by atoms with E-state index in [0.717, 1.165) is 24.2 Å². The Hall–Kier alpha value is -2.93. The lowest BCUT2D eigenvalue weighted by Crippen LogP contribution is -2.05. The number of aryl methyl sites for hydroxylation is 3. The normalized spacial score (nSPS) is 10.5. The summed E-state index contributed by atoms with van der Waals surface area (Å²) in [5, 5.41) is 17.5. The first kappa shape index (κ1) is 15.0. The van der Waals surface area contributed by atoms with Gasteiger partial charge in [0, 0.05) is 0 Å². The molecule has 2 aromatic carbocycles. The maximum absolute atomic E-state index is 9.31. The molecule has 0 atom stereocenters. The van der Waals surface area contributed by atoms with Crippen LogP contribution in [0.25, 0.3) is 5.69 Å². The summed E-state index contributed by atoms with van der Waals surface area (Å²) in [6.45, 7) is 4.15. The van der Waals surface area contributed by atoms with Crippen molar-refractivity contribution in [1.29, 1.82) is 5.26 Å². The first-order chi connectivity index (χ1) is 11.2. The molecule has 0 unspecified atom stereocenters. The van der Waals surface area contributed by atoms with Crippen molar-refractivity contribution in [2.45, 2.75) is 26.7 Å². The van der Waals surface area contributed by atoms with Crippen molar-refractivity contribution in [3.05, 3.63) is 76.6 Å². The van der Waals surface area contributed by atoms with E-state index in [-0.39, 0.29) is 0 Å². The highest BCUT2D eigenvalue weighted by Crippen LogP contribution is 2.18. The lowest BCUT2D eigenvalue weighted by Gasteiger charge is -2.09. The molecular formula is C19H18N4. The molecule has 114 valence electrons. The zero-order valence-corrected chi connectivity index (χ0v) is 13.3. The quantitative estimate of drug-likeness (QED) is 0.740. The fourth-order valence-electron chi connectivity index (χ4n) is 2.58. The number of benzene rings is 2. The van der Waals surface area contributed by atoms with Gasteiger partial charge in [0.05, 0.1) is 11.4 Å². The monoisotopic (exact) mass is 302 g/mol. The summed E-state index contributed by atoms with van der Waals surface area (Å²) in [6, 6.07) is 18.6. The highest BCUT2D eigenvalue weighted by molar-refractivity contribution is 5.42. The zero-order chi connectivity index (χ0) is 16.2. The van der Waals surface area contributed by atoms with E-state index in [1.807, 2.05) is 24.3 Å². The SMILES string of the molecule is Cc1ccc(-n2nnc(C#N)c2CCc2ccccc2)cc1C. The maximum Gasteiger partial charge on any atom is 0.186 e. The largest absolute Gasteiger partial charge is 0.216 e. The van der Waals surface area contributed by atoms with Gasteiger partial charge in [0.2, 0.25) is 0 Å². The van der Waals surface area contributed by atoms with Crippen LogP contribution in [0, 0.1) is 25.2 Å². The molecule has 3 aromatic rings. The van der Waals surface area contributed by atoms with E-state index in [2.05, 4.69) is 54.5 Å². The van der Waals surface area contributed by atoms with Gasteiger partial charge in [0.1, 0.15) is 6.07 Å². The summed E-state index contributed by atoms with van der Waals surface area (Å²) in [7, 11) is 0. The van der Waals surface area contributed by atoms with Gasteiger partial charge >= 0.3 is 0 Å². The molecule has 0 aliphatic rings. The number of hydrogen-bond acceptors (Lipinski definition) is 3. The Morgan fingerprint density at radius 1 is 1.00 bits per heavy atom. The molecule has 0 amide bonds. The van der Waals surface area contributed by atoms with Gasteiger partial charge in [0.25, 0.3) is 0 Å². The van der Waals surface area contributed by atoms with Crippen molar-refractivity contribution in [2.75, 3.05) is 0 Å². The van der Waals surface area contributed by atoms with Crippen LogP contribution in [-0.4, -0.2) is 15.0 Å². The third-order valence-corrected chi connectivity index (χ3v) is 4.10. The van der Waals surface area contributed by atoms with Crippen LogP contribution in [-0.2, 0) is 12.8 Å². The Labute approximate surface area is 136 Å². The lowest BCUT2D eigenvalue weighted by molar-refractivity contribution is 0.751. The summed E-state index contributed by atoms with van der Waals surface area (Å²) in [5.74, 6) is 0. The van der Waals surface area contributed by atoms with Crippen LogP contribution in [0.5, 0.6) is 0 Å². The first-order valence-electron chi connectivity index (χ1n) is 7.65. The molecule has 0 saturated heterocycles. The van der Waals surface area contributed by atoms with Gasteiger partial charge in [0.15, 0.2) is 5.69 Å². The number of nitriles is 1. The Balaban J connectivity index is 1.94. The van der Waals surface area contributed by atoms with Crippen LogP contribution in [0.1, 0.15) is 28.1 Å². The van der Waals surface area contributed by atoms with Crippen molar-refractivity contribution in [3.63, 3.8) is 0 Å². The van der Waals surface area contributed by atoms with Crippen LogP contribution in [0.15, 0.2) is 48.5 Å². The second-order valence-electron chi connectivity index (χ2n) is 5.66. The molecule has 0 spiro atoms. The molecule has 23 heavy (non-hydrogen) atoms. The van der Waals surface area contributed by atoms with E-state index in [9.17, 15) is 5.26 Å². The molecule has 3 rings (SSSR count). The summed E-state index contributed by atoms with van der Waals surface area (Å²) in [4.78, 5) is 0. The predicted octanol–water partition coefficient (Wildman–Crippen LogP) is 3.54. The Morgan fingerprint density at radius 3 is 2.48 bits per heavy atom. The van der Waals surface area contributed by atoms with Crippen molar-refractivity contribution >= 4 is 0 Å². The molecular weight excluding hydrogens is 284 g/mol. The lowest BCUT2D eigenvalue weighted by atomic mass is 10.1.